The number of ether oxygens (including phenoxy) is 1. The normalized spacial score (nSPS) is 9.82. The maximum atomic E-state index is 10.9. The van der Waals surface area contributed by atoms with E-state index < -0.39 is 0 Å². The van der Waals surface area contributed by atoms with Crippen molar-refractivity contribution in [2.24, 2.45) is 0 Å². The van der Waals surface area contributed by atoms with E-state index in [1.165, 1.54) is 6.07 Å². The van der Waals surface area contributed by atoms with Crippen molar-refractivity contribution in [3.63, 3.8) is 0 Å². The van der Waals surface area contributed by atoms with Gasteiger partial charge in [0.2, 0.25) is 5.88 Å². The molecule has 0 aliphatic heterocycles. The number of hydrogen-bond acceptors (Lipinski definition) is 6. The first-order chi connectivity index (χ1) is 10.7. The highest BCUT2D eigenvalue weighted by Crippen LogP contribution is 2.24. The largest absolute Gasteiger partial charge is 0.438 e. The minimum absolute atomic E-state index is 0.0431. The van der Waals surface area contributed by atoms with Gasteiger partial charge in [-0.25, -0.2) is 0 Å². The fraction of sp³-hybridized carbons (Fsp3) is 0.133. The Morgan fingerprint density at radius 3 is 2.91 bits per heavy atom. The van der Waals surface area contributed by atoms with Gasteiger partial charge in [-0.15, -0.1) is 0 Å². The molecule has 0 atom stereocenters. The fourth-order valence-electron chi connectivity index (χ4n) is 1.72. The highest BCUT2D eigenvalue weighted by molar-refractivity contribution is 6.35. The van der Waals surface area contributed by atoms with E-state index in [1.54, 1.807) is 24.3 Å². The number of aliphatic hydroxyl groups is 1. The summed E-state index contributed by atoms with van der Waals surface area (Å²) in [6.45, 7) is 0.286. The van der Waals surface area contributed by atoms with Crippen LogP contribution in [-0.2, 0) is 0 Å². The number of carbonyl (C=O) groups excluding carboxylic acids is 1. The Balaban J connectivity index is 2.31. The molecule has 0 spiro atoms. The predicted molar refractivity (Wildman–Crippen MR) is 81.8 cm³/mol. The summed E-state index contributed by atoms with van der Waals surface area (Å²) in [5.41, 5.74) is 0.888. The lowest BCUT2D eigenvalue weighted by Gasteiger charge is -2.10. The van der Waals surface area contributed by atoms with Crippen LogP contribution in [0.25, 0.3) is 0 Å². The number of aromatic nitrogens is 1. The molecule has 6 nitrogen and oxygen atoms in total. The summed E-state index contributed by atoms with van der Waals surface area (Å²) in [7, 11) is 5.64. The SMILES string of the molecule is [B]c1ccc(Oc2nc(NCCO)ccc2C#N)cc1C=O. The Bertz CT molecular complexity index is 728. The van der Waals surface area contributed by atoms with E-state index in [0.29, 0.717) is 35.4 Å². The van der Waals surface area contributed by atoms with Gasteiger partial charge in [-0.2, -0.15) is 10.2 Å². The lowest BCUT2D eigenvalue weighted by Crippen LogP contribution is -2.09. The maximum Gasteiger partial charge on any atom is 0.239 e. The second-order valence-corrected chi connectivity index (χ2v) is 4.32. The number of aliphatic hydroxyl groups excluding tert-OH is 1. The average Bonchev–Trinajstić information content (AvgIpc) is 2.55. The summed E-state index contributed by atoms with van der Waals surface area (Å²) in [4.78, 5) is 15.1. The van der Waals surface area contributed by atoms with E-state index >= 15 is 0 Å². The zero-order valence-corrected chi connectivity index (χ0v) is 11.6. The summed E-state index contributed by atoms with van der Waals surface area (Å²) < 4.78 is 5.57. The van der Waals surface area contributed by atoms with Crippen LogP contribution in [0.5, 0.6) is 11.6 Å². The molecule has 0 fully saturated rings. The highest BCUT2D eigenvalue weighted by Gasteiger charge is 2.09. The minimum atomic E-state index is -0.0431. The lowest BCUT2D eigenvalue weighted by molar-refractivity contribution is 0.112. The van der Waals surface area contributed by atoms with Gasteiger partial charge < -0.3 is 15.2 Å². The third-order valence-electron chi connectivity index (χ3n) is 2.80. The van der Waals surface area contributed by atoms with Crippen LogP contribution in [0.3, 0.4) is 0 Å². The second-order valence-electron chi connectivity index (χ2n) is 4.32. The number of hydrogen-bond donors (Lipinski definition) is 2. The van der Waals surface area contributed by atoms with Gasteiger partial charge in [0, 0.05) is 12.1 Å². The molecule has 2 aromatic rings. The summed E-state index contributed by atoms with van der Waals surface area (Å²) in [6, 6.07) is 9.74. The molecule has 0 aliphatic carbocycles. The molecule has 0 saturated heterocycles. The van der Waals surface area contributed by atoms with Crippen LogP contribution >= 0.6 is 0 Å². The van der Waals surface area contributed by atoms with Gasteiger partial charge in [-0.1, -0.05) is 11.5 Å². The molecule has 2 N–H and O–H groups in total. The van der Waals surface area contributed by atoms with Gasteiger partial charge in [0.25, 0.3) is 0 Å². The number of anilines is 1. The van der Waals surface area contributed by atoms with Gasteiger partial charge in [-0.3, -0.25) is 4.79 Å². The van der Waals surface area contributed by atoms with Crippen molar-refractivity contribution < 1.29 is 14.6 Å². The van der Waals surface area contributed by atoms with Crippen molar-refractivity contribution >= 4 is 25.4 Å². The first kappa shape index (κ1) is 15.5. The lowest BCUT2D eigenvalue weighted by atomic mass is 9.91. The molecule has 2 radical (unpaired) electrons. The monoisotopic (exact) mass is 293 g/mol. The maximum absolute atomic E-state index is 10.9. The van der Waals surface area contributed by atoms with Crippen LogP contribution in [0.15, 0.2) is 30.3 Å². The van der Waals surface area contributed by atoms with Crippen molar-refractivity contribution in [2.45, 2.75) is 0 Å². The van der Waals surface area contributed by atoms with Gasteiger partial charge in [0.05, 0.1) is 6.61 Å². The summed E-state index contributed by atoms with van der Waals surface area (Å²) >= 11 is 0. The number of pyridine rings is 1. The minimum Gasteiger partial charge on any atom is -0.438 e. The molecule has 108 valence electrons. The zero-order chi connectivity index (χ0) is 15.9. The standard InChI is InChI=1S/C15H12BN3O3/c16-13-3-2-12(7-11(13)9-21)22-15-10(8-17)1-4-14(19-15)18-5-6-20/h1-4,7,9,20H,5-6H2,(H,18,19). The van der Waals surface area contributed by atoms with Gasteiger partial charge in [0.15, 0.2) is 0 Å². The van der Waals surface area contributed by atoms with E-state index in [0.717, 1.165) is 0 Å². The number of nitriles is 1. The first-order valence-electron chi connectivity index (χ1n) is 6.46. The second kappa shape index (κ2) is 7.25. The van der Waals surface area contributed by atoms with Crippen LogP contribution in [0.4, 0.5) is 5.82 Å². The Morgan fingerprint density at radius 1 is 1.41 bits per heavy atom. The number of nitrogens with one attached hydrogen (secondary N) is 1. The summed E-state index contributed by atoms with van der Waals surface area (Å²) in [5.74, 6) is 0.917. The van der Waals surface area contributed by atoms with E-state index in [4.69, 9.17) is 23.0 Å². The van der Waals surface area contributed by atoms with Crippen molar-refractivity contribution in [3.05, 3.63) is 41.5 Å². The number of benzene rings is 1. The molecule has 0 unspecified atom stereocenters. The molecule has 0 saturated carbocycles. The van der Waals surface area contributed by atoms with E-state index in [-0.39, 0.29) is 18.1 Å². The molecular weight excluding hydrogens is 281 g/mol. The molecule has 0 amide bonds. The number of rotatable bonds is 6. The van der Waals surface area contributed by atoms with Crippen molar-refractivity contribution in [1.82, 2.24) is 4.98 Å². The Kier molecular flexibility index (Phi) is 5.12. The smallest absolute Gasteiger partial charge is 0.239 e. The molecule has 7 heteroatoms. The summed E-state index contributed by atoms with van der Waals surface area (Å²) in [5, 5.41) is 20.8. The molecule has 22 heavy (non-hydrogen) atoms. The van der Waals surface area contributed by atoms with Crippen LogP contribution in [-0.4, -0.2) is 37.4 Å². The zero-order valence-electron chi connectivity index (χ0n) is 11.6. The van der Waals surface area contributed by atoms with Crippen molar-refractivity contribution in [2.75, 3.05) is 18.5 Å². The molecule has 2 rings (SSSR count). The van der Waals surface area contributed by atoms with E-state index in [2.05, 4.69) is 10.3 Å². The Hall–Kier alpha value is -2.85. The topological polar surface area (TPSA) is 95.2 Å². The fourth-order valence-corrected chi connectivity index (χ4v) is 1.72. The van der Waals surface area contributed by atoms with Crippen LogP contribution in [0.1, 0.15) is 15.9 Å². The van der Waals surface area contributed by atoms with E-state index in [1.807, 2.05) is 6.07 Å². The molecule has 0 bridgehead atoms. The molecular formula is C15H12BN3O3. The summed E-state index contributed by atoms with van der Waals surface area (Å²) in [6.07, 6.45) is 0.625. The quantitative estimate of drug-likeness (QED) is 0.603. The third-order valence-corrected chi connectivity index (χ3v) is 2.80. The van der Waals surface area contributed by atoms with E-state index in [9.17, 15) is 4.79 Å². The number of nitrogens with zero attached hydrogens (tertiary/aromatic N) is 2. The molecule has 1 aromatic heterocycles. The molecule has 0 aliphatic rings. The van der Waals surface area contributed by atoms with Crippen molar-refractivity contribution in [1.29, 1.82) is 5.26 Å². The van der Waals surface area contributed by atoms with Gasteiger partial charge in [-0.05, 0) is 24.3 Å². The van der Waals surface area contributed by atoms with Crippen LogP contribution < -0.4 is 15.5 Å². The van der Waals surface area contributed by atoms with Gasteiger partial charge >= 0.3 is 0 Å². The predicted octanol–water partition coefficient (Wildman–Crippen LogP) is 0.756. The number of carbonyl (C=O) groups is 1. The number of aldehydes is 1. The molecule has 1 heterocycles. The van der Waals surface area contributed by atoms with Crippen LogP contribution in [0.2, 0.25) is 0 Å². The molecule has 1 aromatic carbocycles. The Morgan fingerprint density at radius 2 is 2.23 bits per heavy atom. The average molecular weight is 293 g/mol. The third kappa shape index (κ3) is 3.62. The first-order valence-corrected chi connectivity index (χ1v) is 6.46. The van der Waals surface area contributed by atoms with Crippen LogP contribution in [0, 0.1) is 11.3 Å². The highest BCUT2D eigenvalue weighted by atomic mass is 16.5. The Labute approximate surface area is 128 Å². The van der Waals surface area contributed by atoms with Gasteiger partial charge in [0.1, 0.15) is 37.3 Å². The van der Waals surface area contributed by atoms with Crippen molar-refractivity contribution in [3.8, 4) is 17.7 Å².